The summed E-state index contributed by atoms with van der Waals surface area (Å²) < 4.78 is 28.1. The molecule has 0 rings (SSSR count). The van der Waals surface area contributed by atoms with E-state index in [2.05, 4.69) is 20.8 Å². The van der Waals surface area contributed by atoms with Gasteiger partial charge < -0.3 is 9.63 Å². The van der Waals surface area contributed by atoms with E-state index in [0.29, 0.717) is 13.2 Å². The molecular formula is C32H67O5P. The van der Waals surface area contributed by atoms with E-state index in [1.54, 1.807) is 0 Å². The lowest BCUT2D eigenvalue weighted by Gasteiger charge is -2.17. The van der Waals surface area contributed by atoms with Crippen molar-refractivity contribution in [3.05, 3.63) is 0 Å². The molecule has 38 heavy (non-hydrogen) atoms. The van der Waals surface area contributed by atoms with Crippen molar-refractivity contribution in [3.63, 3.8) is 0 Å². The van der Waals surface area contributed by atoms with Gasteiger partial charge in [0.25, 0.3) is 0 Å². The third-order valence-corrected chi connectivity index (χ3v) is 8.50. The van der Waals surface area contributed by atoms with Gasteiger partial charge in [0.05, 0.1) is 13.2 Å². The molecular weight excluding hydrogens is 495 g/mol. The van der Waals surface area contributed by atoms with Crippen LogP contribution in [-0.4, -0.2) is 31.3 Å². The van der Waals surface area contributed by atoms with Crippen LogP contribution in [0, 0.1) is 5.92 Å². The molecule has 0 aromatic rings. The molecule has 0 saturated heterocycles. The van der Waals surface area contributed by atoms with Crippen molar-refractivity contribution in [3.8, 4) is 0 Å². The van der Waals surface area contributed by atoms with Crippen LogP contribution in [-0.2, 0) is 18.3 Å². The minimum atomic E-state index is -3.90. The molecule has 0 aliphatic carbocycles. The van der Waals surface area contributed by atoms with Gasteiger partial charge in [0.15, 0.2) is 0 Å². The standard InChI is InChI=1S/C32H67O5P/c1-4-7-9-10-11-12-13-14-15-16-17-18-19-22-30-36-38(33,34)37-31-23-20-21-26-32(25-8-5-2)27-24-29-35-28-6-3/h32H,4-31H2,1-3H3,(H,33,34). The predicted molar refractivity (Wildman–Crippen MR) is 164 cm³/mol. The van der Waals surface area contributed by atoms with E-state index in [0.717, 1.165) is 64.1 Å². The summed E-state index contributed by atoms with van der Waals surface area (Å²) in [5, 5.41) is 0. The van der Waals surface area contributed by atoms with E-state index in [1.165, 1.54) is 109 Å². The summed E-state index contributed by atoms with van der Waals surface area (Å²) in [4.78, 5) is 9.92. The first-order chi connectivity index (χ1) is 18.6. The summed E-state index contributed by atoms with van der Waals surface area (Å²) in [5.41, 5.74) is 0. The lowest BCUT2D eigenvalue weighted by molar-refractivity contribution is 0.126. The highest BCUT2D eigenvalue weighted by Gasteiger charge is 2.20. The first-order valence-corrected chi connectivity index (χ1v) is 18.2. The van der Waals surface area contributed by atoms with E-state index in [-0.39, 0.29) is 0 Å². The fourth-order valence-corrected chi connectivity index (χ4v) is 5.85. The molecule has 5 nitrogen and oxygen atoms in total. The van der Waals surface area contributed by atoms with Gasteiger partial charge >= 0.3 is 7.82 Å². The SMILES string of the molecule is CCCCCCCCCCCCCCCCOP(=O)(O)OCCCCCC(CCCC)CCCOCCC. The largest absolute Gasteiger partial charge is 0.472 e. The number of unbranched alkanes of at least 4 members (excludes halogenated alkanes) is 16. The Morgan fingerprint density at radius 2 is 0.895 bits per heavy atom. The molecule has 0 amide bonds. The molecule has 0 aliphatic heterocycles. The normalized spacial score (nSPS) is 14.1. The van der Waals surface area contributed by atoms with Crippen LogP contribution >= 0.6 is 7.82 Å². The van der Waals surface area contributed by atoms with Crippen LogP contribution in [0.1, 0.15) is 175 Å². The number of phosphoric ester groups is 1. The van der Waals surface area contributed by atoms with Gasteiger partial charge in [0.2, 0.25) is 0 Å². The number of ether oxygens (including phenoxy) is 1. The second-order valence-corrected chi connectivity index (χ2v) is 12.8. The topological polar surface area (TPSA) is 65.0 Å². The summed E-state index contributed by atoms with van der Waals surface area (Å²) in [5.74, 6) is 0.776. The predicted octanol–water partition coefficient (Wildman–Crippen LogP) is 11.2. The van der Waals surface area contributed by atoms with Gasteiger partial charge in [-0.2, -0.15) is 0 Å². The number of rotatable bonds is 32. The first kappa shape index (κ1) is 38.1. The Morgan fingerprint density at radius 3 is 1.39 bits per heavy atom. The highest BCUT2D eigenvalue weighted by atomic mass is 31.2. The van der Waals surface area contributed by atoms with Crippen molar-refractivity contribution in [1.82, 2.24) is 0 Å². The molecule has 0 saturated carbocycles. The number of phosphoric acid groups is 1. The Balaban J connectivity index is 3.58. The molecule has 0 aliphatic rings. The Labute approximate surface area is 238 Å². The number of hydrogen-bond donors (Lipinski definition) is 1. The highest BCUT2D eigenvalue weighted by Crippen LogP contribution is 2.43. The second kappa shape index (κ2) is 30.0. The van der Waals surface area contributed by atoms with E-state index in [1.807, 2.05) is 0 Å². The van der Waals surface area contributed by atoms with Crippen LogP contribution in [0.4, 0.5) is 0 Å². The summed E-state index contributed by atoms with van der Waals surface area (Å²) >= 11 is 0. The minimum Gasteiger partial charge on any atom is -0.381 e. The average Bonchev–Trinajstić information content (AvgIpc) is 2.90. The van der Waals surface area contributed by atoms with Crippen LogP contribution in [0.5, 0.6) is 0 Å². The van der Waals surface area contributed by atoms with Gasteiger partial charge in [0, 0.05) is 13.2 Å². The molecule has 0 radical (unpaired) electrons. The molecule has 0 fully saturated rings. The minimum absolute atomic E-state index is 0.303. The number of hydrogen-bond acceptors (Lipinski definition) is 4. The fourth-order valence-electron chi connectivity index (χ4n) is 5.05. The molecule has 2 unspecified atom stereocenters. The summed E-state index contributed by atoms with van der Waals surface area (Å²) in [7, 11) is -3.90. The van der Waals surface area contributed by atoms with E-state index in [9.17, 15) is 9.46 Å². The zero-order valence-corrected chi connectivity index (χ0v) is 26.8. The third-order valence-electron chi connectivity index (χ3n) is 7.48. The van der Waals surface area contributed by atoms with Gasteiger partial charge in [-0.3, -0.25) is 9.05 Å². The van der Waals surface area contributed by atoms with Gasteiger partial charge in [-0.05, 0) is 38.0 Å². The van der Waals surface area contributed by atoms with Crippen LogP contribution in [0.15, 0.2) is 0 Å². The second-order valence-electron chi connectivity index (χ2n) is 11.3. The zero-order chi connectivity index (χ0) is 28.0. The zero-order valence-electron chi connectivity index (χ0n) is 25.9. The van der Waals surface area contributed by atoms with E-state index >= 15 is 0 Å². The fraction of sp³-hybridized carbons (Fsp3) is 1.00. The lowest BCUT2D eigenvalue weighted by Crippen LogP contribution is -2.05. The van der Waals surface area contributed by atoms with Crippen LogP contribution in [0.2, 0.25) is 0 Å². The van der Waals surface area contributed by atoms with Crippen molar-refractivity contribution >= 4 is 7.82 Å². The highest BCUT2D eigenvalue weighted by molar-refractivity contribution is 7.47. The molecule has 230 valence electrons. The maximum Gasteiger partial charge on any atom is 0.472 e. The quantitative estimate of drug-likeness (QED) is 0.0652. The van der Waals surface area contributed by atoms with E-state index in [4.69, 9.17) is 13.8 Å². The van der Waals surface area contributed by atoms with Crippen molar-refractivity contribution in [2.45, 2.75) is 175 Å². The Morgan fingerprint density at radius 1 is 0.474 bits per heavy atom. The molecule has 6 heteroatoms. The smallest absolute Gasteiger partial charge is 0.381 e. The summed E-state index contributed by atoms with van der Waals surface area (Å²) in [6.07, 6.45) is 29.7. The molecule has 0 bridgehead atoms. The van der Waals surface area contributed by atoms with Crippen LogP contribution in [0.25, 0.3) is 0 Å². The van der Waals surface area contributed by atoms with Gasteiger partial charge in [-0.25, -0.2) is 4.57 Å². The Bertz CT molecular complexity index is 502. The van der Waals surface area contributed by atoms with E-state index < -0.39 is 7.82 Å². The molecule has 0 aromatic heterocycles. The Hall–Kier alpha value is 0.0700. The van der Waals surface area contributed by atoms with Crippen LogP contribution < -0.4 is 0 Å². The van der Waals surface area contributed by atoms with Gasteiger partial charge in [-0.15, -0.1) is 0 Å². The maximum absolute atomic E-state index is 12.1. The van der Waals surface area contributed by atoms with Crippen molar-refractivity contribution in [2.24, 2.45) is 5.92 Å². The van der Waals surface area contributed by atoms with Crippen molar-refractivity contribution in [2.75, 3.05) is 26.4 Å². The maximum atomic E-state index is 12.1. The molecule has 0 heterocycles. The van der Waals surface area contributed by atoms with Crippen molar-refractivity contribution in [1.29, 1.82) is 0 Å². The lowest BCUT2D eigenvalue weighted by atomic mass is 9.91. The third kappa shape index (κ3) is 29.1. The first-order valence-electron chi connectivity index (χ1n) is 16.7. The van der Waals surface area contributed by atoms with Gasteiger partial charge in [-0.1, -0.05) is 143 Å². The Kier molecular flexibility index (Phi) is 30.1. The van der Waals surface area contributed by atoms with Crippen LogP contribution in [0.3, 0.4) is 0 Å². The molecule has 1 N–H and O–H groups in total. The molecule has 0 spiro atoms. The summed E-state index contributed by atoms with van der Waals surface area (Å²) in [6, 6.07) is 0. The van der Waals surface area contributed by atoms with Crippen molar-refractivity contribution < 1.29 is 23.2 Å². The molecule has 2 atom stereocenters. The molecule has 0 aromatic carbocycles. The van der Waals surface area contributed by atoms with Gasteiger partial charge in [0.1, 0.15) is 0 Å². The summed E-state index contributed by atoms with van der Waals surface area (Å²) in [6.45, 7) is 9.05. The average molecular weight is 563 g/mol. The monoisotopic (exact) mass is 562 g/mol.